The van der Waals surface area contributed by atoms with E-state index in [1.54, 1.807) is 0 Å². The molecular weight excluding hydrogens is 266 g/mol. The predicted molar refractivity (Wildman–Crippen MR) is 90.6 cm³/mol. The topological polar surface area (TPSA) is 3.24 Å². The first-order chi connectivity index (χ1) is 8.95. The maximum Gasteiger partial charge on any atom is 0.0406 e. The van der Waals surface area contributed by atoms with Gasteiger partial charge in [0, 0.05) is 16.5 Å². The Labute approximate surface area is 130 Å². The van der Waals surface area contributed by atoms with E-state index in [1.165, 1.54) is 31.2 Å². The highest BCUT2D eigenvalue weighted by Gasteiger charge is 2.46. The summed E-state index contributed by atoms with van der Waals surface area (Å²) in [5.74, 6) is 0.733. The summed E-state index contributed by atoms with van der Waals surface area (Å²) < 4.78 is 0. The zero-order chi connectivity index (χ0) is 14.0. The number of halogens is 1. The minimum Gasteiger partial charge on any atom is -0.306 e. The highest BCUT2D eigenvalue weighted by Crippen LogP contribution is 2.49. The zero-order valence-electron chi connectivity index (χ0n) is 12.6. The van der Waals surface area contributed by atoms with Crippen LogP contribution in [0.5, 0.6) is 0 Å². The molecule has 1 aliphatic carbocycles. The smallest absolute Gasteiger partial charge is 0.0406 e. The van der Waals surface area contributed by atoms with Gasteiger partial charge in [-0.25, -0.2) is 0 Å². The SMILES string of the molecule is C.CC(C)CC(N(C)C)C1(c2ccc(Cl)cc2)CCC1. The molecule has 1 fully saturated rings. The molecule has 0 aromatic heterocycles. The highest BCUT2D eigenvalue weighted by molar-refractivity contribution is 6.30. The molecule has 0 amide bonds. The molecule has 0 heterocycles. The van der Waals surface area contributed by atoms with Crippen LogP contribution in [0.4, 0.5) is 0 Å². The van der Waals surface area contributed by atoms with Crippen molar-refractivity contribution in [2.45, 2.75) is 58.4 Å². The van der Waals surface area contributed by atoms with Crippen molar-refractivity contribution >= 4 is 11.6 Å². The van der Waals surface area contributed by atoms with Crippen molar-refractivity contribution in [2.24, 2.45) is 5.92 Å². The second kappa shape index (κ2) is 6.95. The van der Waals surface area contributed by atoms with Crippen LogP contribution in [-0.4, -0.2) is 25.0 Å². The number of hydrogen-bond donors (Lipinski definition) is 0. The van der Waals surface area contributed by atoms with Gasteiger partial charge in [0.05, 0.1) is 0 Å². The number of nitrogens with zero attached hydrogens (tertiary/aromatic N) is 1. The van der Waals surface area contributed by atoms with Gasteiger partial charge < -0.3 is 4.90 Å². The van der Waals surface area contributed by atoms with Gasteiger partial charge >= 0.3 is 0 Å². The van der Waals surface area contributed by atoms with Crippen LogP contribution < -0.4 is 0 Å². The maximum absolute atomic E-state index is 6.04. The Morgan fingerprint density at radius 2 is 1.70 bits per heavy atom. The van der Waals surface area contributed by atoms with Crippen LogP contribution in [0.2, 0.25) is 5.02 Å². The summed E-state index contributed by atoms with van der Waals surface area (Å²) in [6.07, 6.45) is 5.23. The molecule has 2 heteroatoms. The molecule has 1 aromatic rings. The van der Waals surface area contributed by atoms with Crippen LogP contribution in [0.15, 0.2) is 24.3 Å². The third-order valence-electron chi connectivity index (χ3n) is 4.62. The summed E-state index contributed by atoms with van der Waals surface area (Å²) in [4.78, 5) is 2.42. The quantitative estimate of drug-likeness (QED) is 0.705. The minimum atomic E-state index is 0. The van der Waals surface area contributed by atoms with Crippen molar-refractivity contribution in [3.8, 4) is 0 Å². The molecule has 2 rings (SSSR count). The number of rotatable bonds is 5. The second-order valence-electron chi connectivity index (χ2n) is 6.63. The Morgan fingerprint density at radius 1 is 1.15 bits per heavy atom. The summed E-state index contributed by atoms with van der Waals surface area (Å²) >= 11 is 6.04. The number of benzene rings is 1. The monoisotopic (exact) mass is 295 g/mol. The summed E-state index contributed by atoms with van der Waals surface area (Å²) in [5.41, 5.74) is 1.82. The Morgan fingerprint density at radius 3 is 2.05 bits per heavy atom. The Kier molecular flexibility index (Phi) is 6.09. The Hall–Kier alpha value is -0.530. The molecule has 0 bridgehead atoms. The molecule has 0 N–H and O–H groups in total. The standard InChI is InChI=1S/C17H26ClN.CH4/c1-13(2)12-16(19(3)4)17(10-5-11-17)14-6-8-15(18)9-7-14;/h6-9,13,16H,5,10-12H2,1-4H3;1H4. The first kappa shape index (κ1) is 17.5. The first-order valence-corrected chi connectivity index (χ1v) is 7.76. The van der Waals surface area contributed by atoms with Crippen LogP contribution in [0, 0.1) is 5.92 Å². The molecule has 1 saturated carbocycles. The van der Waals surface area contributed by atoms with Crippen molar-refractivity contribution in [3.63, 3.8) is 0 Å². The van der Waals surface area contributed by atoms with Crippen molar-refractivity contribution in [1.82, 2.24) is 4.90 Å². The van der Waals surface area contributed by atoms with Crippen LogP contribution in [-0.2, 0) is 5.41 Å². The molecular formula is C18H30ClN. The molecule has 0 radical (unpaired) electrons. The lowest BCUT2D eigenvalue weighted by Crippen LogP contribution is -2.52. The van der Waals surface area contributed by atoms with Gasteiger partial charge in [0.15, 0.2) is 0 Å². The van der Waals surface area contributed by atoms with Crippen LogP contribution >= 0.6 is 11.6 Å². The van der Waals surface area contributed by atoms with Gasteiger partial charge in [-0.2, -0.15) is 0 Å². The molecule has 1 unspecified atom stereocenters. The lowest BCUT2D eigenvalue weighted by Gasteiger charge is -2.51. The fourth-order valence-electron chi connectivity index (χ4n) is 3.53. The molecule has 1 nitrogen and oxygen atoms in total. The van der Waals surface area contributed by atoms with Gasteiger partial charge in [0.25, 0.3) is 0 Å². The van der Waals surface area contributed by atoms with Crippen LogP contribution in [0.1, 0.15) is 52.5 Å². The van der Waals surface area contributed by atoms with E-state index in [-0.39, 0.29) is 7.43 Å². The lowest BCUT2D eigenvalue weighted by molar-refractivity contribution is 0.0808. The van der Waals surface area contributed by atoms with Gasteiger partial charge in [-0.3, -0.25) is 0 Å². The van der Waals surface area contributed by atoms with E-state index in [2.05, 4.69) is 45.0 Å². The van der Waals surface area contributed by atoms with Gasteiger partial charge in [0.1, 0.15) is 0 Å². The van der Waals surface area contributed by atoms with Crippen molar-refractivity contribution < 1.29 is 0 Å². The summed E-state index contributed by atoms with van der Waals surface area (Å²) in [6, 6.07) is 9.18. The average Bonchev–Trinajstić information content (AvgIpc) is 2.28. The zero-order valence-corrected chi connectivity index (χ0v) is 13.4. The van der Waals surface area contributed by atoms with E-state index < -0.39 is 0 Å². The molecule has 1 atom stereocenters. The van der Waals surface area contributed by atoms with Crippen molar-refractivity contribution in [3.05, 3.63) is 34.9 Å². The van der Waals surface area contributed by atoms with E-state index in [0.29, 0.717) is 11.5 Å². The molecule has 0 aliphatic heterocycles. The van der Waals surface area contributed by atoms with Gasteiger partial charge in [-0.15, -0.1) is 0 Å². The number of likely N-dealkylation sites (N-methyl/N-ethyl adjacent to an activating group) is 1. The van der Waals surface area contributed by atoms with Gasteiger partial charge in [0.2, 0.25) is 0 Å². The minimum absolute atomic E-state index is 0. The first-order valence-electron chi connectivity index (χ1n) is 7.38. The summed E-state index contributed by atoms with van der Waals surface area (Å²) in [6.45, 7) is 4.65. The van der Waals surface area contributed by atoms with E-state index >= 15 is 0 Å². The molecule has 0 saturated heterocycles. The van der Waals surface area contributed by atoms with Crippen LogP contribution in [0.25, 0.3) is 0 Å². The molecule has 20 heavy (non-hydrogen) atoms. The third kappa shape index (κ3) is 3.38. The summed E-state index contributed by atoms with van der Waals surface area (Å²) in [5, 5.41) is 0.837. The van der Waals surface area contributed by atoms with Crippen molar-refractivity contribution in [2.75, 3.05) is 14.1 Å². The van der Waals surface area contributed by atoms with E-state index in [4.69, 9.17) is 11.6 Å². The van der Waals surface area contributed by atoms with Crippen LogP contribution in [0.3, 0.4) is 0 Å². The Bertz CT molecular complexity index is 404. The molecule has 1 aromatic carbocycles. The van der Waals surface area contributed by atoms with Gasteiger partial charge in [-0.05, 0) is 57.0 Å². The lowest BCUT2D eigenvalue weighted by atomic mass is 9.58. The average molecular weight is 296 g/mol. The van der Waals surface area contributed by atoms with E-state index in [9.17, 15) is 0 Å². The fraction of sp³-hybridized carbons (Fsp3) is 0.667. The van der Waals surface area contributed by atoms with Crippen molar-refractivity contribution in [1.29, 1.82) is 0 Å². The molecule has 1 aliphatic rings. The third-order valence-corrected chi connectivity index (χ3v) is 4.87. The largest absolute Gasteiger partial charge is 0.306 e. The maximum atomic E-state index is 6.04. The van der Waals surface area contributed by atoms with E-state index in [0.717, 1.165) is 10.9 Å². The Balaban J connectivity index is 0.00000200. The second-order valence-corrected chi connectivity index (χ2v) is 7.06. The van der Waals surface area contributed by atoms with Gasteiger partial charge in [-0.1, -0.05) is 51.4 Å². The van der Waals surface area contributed by atoms with E-state index in [1.807, 2.05) is 12.1 Å². The predicted octanol–water partition coefficient (Wildman–Crippen LogP) is 5.37. The normalized spacial score (nSPS) is 18.6. The molecule has 0 spiro atoms. The number of hydrogen-bond acceptors (Lipinski definition) is 1. The molecule has 114 valence electrons. The highest BCUT2D eigenvalue weighted by atomic mass is 35.5. The fourth-order valence-corrected chi connectivity index (χ4v) is 3.66. The summed E-state index contributed by atoms with van der Waals surface area (Å²) in [7, 11) is 4.45.